The lowest BCUT2D eigenvalue weighted by molar-refractivity contribution is 0.0956. The van der Waals surface area contributed by atoms with Gasteiger partial charge < -0.3 is 5.32 Å². The summed E-state index contributed by atoms with van der Waals surface area (Å²) in [5.74, 6) is 0.867. The third-order valence-corrected chi connectivity index (χ3v) is 4.45. The second kappa shape index (κ2) is 7.69. The van der Waals surface area contributed by atoms with E-state index < -0.39 is 0 Å². The summed E-state index contributed by atoms with van der Waals surface area (Å²) < 4.78 is 1.07. The van der Waals surface area contributed by atoms with Crippen molar-refractivity contribution < 1.29 is 4.79 Å². The molecular weight excluding hydrogens is 381 g/mol. The third kappa shape index (κ3) is 4.83. The Morgan fingerprint density at radius 2 is 1.95 bits per heavy atom. The standard InChI is InChI=1S/C16H16INOS/c1-12-5-7-15(8-6-12)20-10-9-18-16(19)13-3-2-4-14(17)11-13/h2-8,11H,9-10H2,1H3,(H,18,19). The van der Waals surface area contributed by atoms with Crippen LogP contribution in [0, 0.1) is 10.5 Å². The summed E-state index contributed by atoms with van der Waals surface area (Å²) in [5.41, 5.74) is 1.98. The fourth-order valence-electron chi connectivity index (χ4n) is 1.70. The maximum atomic E-state index is 11.9. The van der Waals surface area contributed by atoms with Gasteiger partial charge in [0, 0.05) is 26.3 Å². The van der Waals surface area contributed by atoms with E-state index in [4.69, 9.17) is 0 Å². The molecule has 2 nitrogen and oxygen atoms in total. The van der Waals surface area contributed by atoms with Gasteiger partial charge in [0.05, 0.1) is 0 Å². The Morgan fingerprint density at radius 3 is 2.65 bits per heavy atom. The highest BCUT2D eigenvalue weighted by Crippen LogP contribution is 2.17. The first-order valence-corrected chi connectivity index (χ1v) is 8.45. The first-order valence-electron chi connectivity index (χ1n) is 6.38. The summed E-state index contributed by atoms with van der Waals surface area (Å²) in [6, 6.07) is 16.0. The van der Waals surface area contributed by atoms with Crippen molar-refractivity contribution in [1.82, 2.24) is 5.32 Å². The number of nitrogens with one attached hydrogen (secondary N) is 1. The van der Waals surface area contributed by atoms with Gasteiger partial charge in [0.25, 0.3) is 5.91 Å². The molecule has 0 saturated heterocycles. The molecule has 4 heteroatoms. The molecule has 0 aromatic heterocycles. The van der Waals surface area contributed by atoms with Gasteiger partial charge in [-0.1, -0.05) is 23.8 Å². The Labute approximate surface area is 137 Å². The number of aryl methyl sites for hydroxylation is 1. The first-order chi connectivity index (χ1) is 9.65. The quantitative estimate of drug-likeness (QED) is 0.467. The Kier molecular flexibility index (Phi) is 5.91. The highest BCUT2D eigenvalue weighted by molar-refractivity contribution is 14.1. The number of halogens is 1. The zero-order valence-corrected chi connectivity index (χ0v) is 14.2. The number of carbonyl (C=O) groups is 1. The molecule has 0 aliphatic carbocycles. The van der Waals surface area contributed by atoms with E-state index in [0.717, 1.165) is 14.9 Å². The maximum Gasteiger partial charge on any atom is 0.251 e. The normalized spacial score (nSPS) is 10.3. The Morgan fingerprint density at radius 1 is 1.20 bits per heavy atom. The van der Waals surface area contributed by atoms with E-state index in [2.05, 4.69) is 59.1 Å². The lowest BCUT2D eigenvalue weighted by atomic mass is 10.2. The van der Waals surface area contributed by atoms with Crippen LogP contribution in [0.2, 0.25) is 0 Å². The molecule has 0 aliphatic heterocycles. The molecule has 0 saturated carbocycles. The van der Waals surface area contributed by atoms with Crippen LogP contribution >= 0.6 is 34.4 Å². The number of benzene rings is 2. The number of rotatable bonds is 5. The first kappa shape index (κ1) is 15.4. The molecule has 0 atom stereocenters. The largest absolute Gasteiger partial charge is 0.351 e. The lowest BCUT2D eigenvalue weighted by Gasteiger charge is -2.06. The molecule has 0 radical (unpaired) electrons. The molecule has 1 amide bonds. The van der Waals surface area contributed by atoms with Gasteiger partial charge in [0.2, 0.25) is 0 Å². The molecule has 0 heterocycles. The van der Waals surface area contributed by atoms with Crippen LogP contribution in [0.5, 0.6) is 0 Å². The van der Waals surface area contributed by atoms with E-state index in [1.807, 2.05) is 24.3 Å². The summed E-state index contributed by atoms with van der Waals surface area (Å²) in [5, 5.41) is 2.94. The van der Waals surface area contributed by atoms with E-state index in [-0.39, 0.29) is 5.91 Å². The molecule has 2 rings (SSSR count). The van der Waals surface area contributed by atoms with Crippen molar-refractivity contribution >= 4 is 40.3 Å². The monoisotopic (exact) mass is 397 g/mol. The molecule has 0 unspecified atom stereocenters. The van der Waals surface area contributed by atoms with Gasteiger partial charge in [-0.2, -0.15) is 0 Å². The molecule has 2 aromatic carbocycles. The van der Waals surface area contributed by atoms with Crippen LogP contribution in [0.15, 0.2) is 53.4 Å². The van der Waals surface area contributed by atoms with E-state index in [9.17, 15) is 4.79 Å². The van der Waals surface area contributed by atoms with Crippen LogP contribution in [0.4, 0.5) is 0 Å². The number of thioether (sulfide) groups is 1. The summed E-state index contributed by atoms with van der Waals surface area (Å²) in [7, 11) is 0. The minimum absolute atomic E-state index is 0.00646. The SMILES string of the molecule is Cc1ccc(SCCNC(=O)c2cccc(I)c2)cc1. The second-order valence-corrected chi connectivity index (χ2v) is 6.84. The van der Waals surface area contributed by atoms with Crippen molar-refractivity contribution in [2.45, 2.75) is 11.8 Å². The molecule has 1 N–H and O–H groups in total. The van der Waals surface area contributed by atoms with Crippen LogP contribution in [0.25, 0.3) is 0 Å². The summed E-state index contributed by atoms with van der Waals surface area (Å²) in [4.78, 5) is 13.2. The van der Waals surface area contributed by atoms with Crippen LogP contribution in [0.3, 0.4) is 0 Å². The van der Waals surface area contributed by atoms with Crippen molar-refractivity contribution in [3.63, 3.8) is 0 Å². The average molecular weight is 397 g/mol. The van der Waals surface area contributed by atoms with Gasteiger partial charge >= 0.3 is 0 Å². The highest BCUT2D eigenvalue weighted by atomic mass is 127. The average Bonchev–Trinajstić information content (AvgIpc) is 2.45. The molecule has 0 aliphatic rings. The van der Waals surface area contributed by atoms with Crippen molar-refractivity contribution in [2.75, 3.05) is 12.3 Å². The number of amides is 1. The van der Waals surface area contributed by atoms with Crippen molar-refractivity contribution in [1.29, 1.82) is 0 Å². The van der Waals surface area contributed by atoms with E-state index in [1.165, 1.54) is 10.5 Å². The Balaban J connectivity index is 1.76. The van der Waals surface area contributed by atoms with Crippen molar-refractivity contribution in [3.05, 3.63) is 63.2 Å². The number of hydrogen-bond donors (Lipinski definition) is 1. The minimum Gasteiger partial charge on any atom is -0.351 e. The summed E-state index contributed by atoms with van der Waals surface area (Å²) >= 11 is 3.96. The predicted molar refractivity (Wildman–Crippen MR) is 93.4 cm³/mol. The summed E-state index contributed by atoms with van der Waals surface area (Å²) in [6.45, 7) is 2.75. The maximum absolute atomic E-state index is 11.9. The third-order valence-electron chi connectivity index (χ3n) is 2.76. The van der Waals surface area contributed by atoms with E-state index in [0.29, 0.717) is 6.54 Å². The van der Waals surface area contributed by atoms with Gasteiger partial charge in [-0.3, -0.25) is 4.79 Å². The van der Waals surface area contributed by atoms with Crippen molar-refractivity contribution in [3.8, 4) is 0 Å². The summed E-state index contributed by atoms with van der Waals surface area (Å²) in [6.07, 6.45) is 0. The van der Waals surface area contributed by atoms with Gasteiger partial charge in [0.1, 0.15) is 0 Å². The van der Waals surface area contributed by atoms with Gasteiger partial charge in [-0.05, 0) is 59.8 Å². The van der Waals surface area contributed by atoms with Crippen LogP contribution in [-0.4, -0.2) is 18.2 Å². The van der Waals surface area contributed by atoms with Crippen LogP contribution < -0.4 is 5.32 Å². The van der Waals surface area contributed by atoms with Crippen molar-refractivity contribution in [2.24, 2.45) is 0 Å². The molecule has 0 spiro atoms. The van der Waals surface area contributed by atoms with E-state index >= 15 is 0 Å². The van der Waals surface area contributed by atoms with Gasteiger partial charge in [-0.15, -0.1) is 11.8 Å². The zero-order valence-electron chi connectivity index (χ0n) is 11.2. The lowest BCUT2D eigenvalue weighted by Crippen LogP contribution is -2.25. The van der Waals surface area contributed by atoms with Gasteiger partial charge in [-0.25, -0.2) is 0 Å². The van der Waals surface area contributed by atoms with Gasteiger partial charge in [0.15, 0.2) is 0 Å². The fraction of sp³-hybridized carbons (Fsp3) is 0.188. The smallest absolute Gasteiger partial charge is 0.251 e. The second-order valence-electron chi connectivity index (χ2n) is 4.43. The zero-order chi connectivity index (χ0) is 14.4. The van der Waals surface area contributed by atoms with Crippen LogP contribution in [-0.2, 0) is 0 Å². The Bertz CT molecular complexity index is 583. The molecule has 2 aromatic rings. The molecule has 0 bridgehead atoms. The number of hydrogen-bond acceptors (Lipinski definition) is 2. The fourth-order valence-corrected chi connectivity index (χ4v) is 3.01. The number of carbonyl (C=O) groups excluding carboxylic acids is 1. The molecule has 20 heavy (non-hydrogen) atoms. The molecule has 0 fully saturated rings. The molecule has 104 valence electrons. The molecular formula is C16H16INOS. The Hall–Kier alpha value is -1.01. The minimum atomic E-state index is -0.00646. The topological polar surface area (TPSA) is 29.1 Å². The van der Waals surface area contributed by atoms with E-state index in [1.54, 1.807) is 11.8 Å². The van der Waals surface area contributed by atoms with Crippen LogP contribution in [0.1, 0.15) is 15.9 Å². The highest BCUT2D eigenvalue weighted by Gasteiger charge is 2.04. The predicted octanol–water partition coefficient (Wildman–Crippen LogP) is 4.12.